The highest BCUT2D eigenvalue weighted by Gasteiger charge is 2.43. The van der Waals surface area contributed by atoms with Crippen molar-refractivity contribution in [2.24, 2.45) is 0 Å². The van der Waals surface area contributed by atoms with Gasteiger partial charge in [0.05, 0.1) is 2.74 Å². The Morgan fingerprint density at radius 1 is 0.373 bits per heavy atom. The number of benzene rings is 8. The van der Waals surface area contributed by atoms with Gasteiger partial charge in [0.1, 0.15) is 0 Å². The van der Waals surface area contributed by atoms with E-state index in [0.29, 0.717) is 12.1 Å². The van der Waals surface area contributed by atoms with E-state index in [1.165, 1.54) is 16.7 Å². The number of hydrogen-bond donors (Lipinski definition) is 0. The van der Waals surface area contributed by atoms with Crippen LogP contribution in [0, 0.1) is 0 Å². The molecule has 0 saturated carbocycles. The number of para-hydroxylation sites is 4. The van der Waals surface area contributed by atoms with Gasteiger partial charge in [-0.1, -0.05) is 152 Å². The second kappa shape index (κ2) is 12.1. The molecule has 238 valence electrons. The fourth-order valence-electron chi connectivity index (χ4n) is 8.20. The predicted octanol–water partition coefficient (Wildman–Crippen LogP) is 10.8. The molecule has 0 bridgehead atoms. The van der Waals surface area contributed by atoms with Crippen molar-refractivity contribution in [3.63, 3.8) is 0 Å². The van der Waals surface area contributed by atoms with Crippen LogP contribution in [0.5, 0.6) is 0 Å². The highest BCUT2D eigenvalue weighted by atomic mass is 15.2. The number of rotatable bonds is 5. The zero-order valence-electron chi connectivity index (χ0n) is 29.9. The minimum Gasteiger partial charge on any atom is -0.311 e. The maximum Gasteiger partial charge on any atom is 0.252 e. The quantitative estimate of drug-likeness (QED) is 0.171. The van der Waals surface area contributed by atoms with E-state index in [0.717, 1.165) is 67.2 Å². The van der Waals surface area contributed by atoms with E-state index in [2.05, 4.69) is 174 Å². The summed E-state index contributed by atoms with van der Waals surface area (Å²) < 4.78 is 17.6. The first-order valence-corrected chi connectivity index (χ1v) is 17.5. The molecule has 0 radical (unpaired) electrons. The van der Waals surface area contributed by atoms with Crippen LogP contribution in [0.2, 0.25) is 0 Å². The van der Waals surface area contributed by atoms with Crippen LogP contribution in [-0.2, 0) is 0 Å². The molecule has 2 aliphatic rings. The Labute approximate surface area is 302 Å². The lowest BCUT2D eigenvalue weighted by atomic mass is 9.33. The molecule has 2 nitrogen and oxygen atoms in total. The zero-order valence-corrected chi connectivity index (χ0v) is 27.9. The van der Waals surface area contributed by atoms with Gasteiger partial charge in [-0.05, 0) is 98.3 Å². The van der Waals surface area contributed by atoms with E-state index >= 15 is 0 Å². The summed E-state index contributed by atoms with van der Waals surface area (Å²) in [7, 11) is 0. The molecule has 0 unspecified atom stereocenters. The van der Waals surface area contributed by atoms with Gasteiger partial charge in [0.2, 0.25) is 0 Å². The second-order valence-corrected chi connectivity index (χ2v) is 13.1. The molecule has 0 spiro atoms. The minimum absolute atomic E-state index is 0.174. The number of anilines is 6. The monoisotopic (exact) mass is 650 g/mol. The Morgan fingerprint density at radius 2 is 0.804 bits per heavy atom. The maximum atomic E-state index is 8.82. The molecule has 8 aromatic carbocycles. The highest BCUT2D eigenvalue weighted by Crippen LogP contribution is 2.48. The second-order valence-electron chi connectivity index (χ2n) is 13.1. The normalized spacial score (nSPS) is 13.1. The van der Waals surface area contributed by atoms with Crippen molar-refractivity contribution >= 4 is 57.2 Å². The van der Waals surface area contributed by atoms with Crippen LogP contribution in [-0.4, -0.2) is 6.71 Å². The summed E-state index contributed by atoms with van der Waals surface area (Å²) in [6, 6.07) is 66.9. The Kier molecular flexibility index (Phi) is 6.46. The minimum atomic E-state index is -0.174. The van der Waals surface area contributed by atoms with Crippen molar-refractivity contribution in [2.45, 2.75) is 0 Å². The molecule has 0 N–H and O–H groups in total. The van der Waals surface area contributed by atoms with E-state index in [1.807, 2.05) is 24.3 Å². The molecule has 2 aliphatic heterocycles. The molecule has 0 aliphatic carbocycles. The van der Waals surface area contributed by atoms with Gasteiger partial charge in [-0.3, -0.25) is 0 Å². The Hall–Kier alpha value is -6.58. The summed E-state index contributed by atoms with van der Waals surface area (Å²) in [6.07, 6.45) is 0. The summed E-state index contributed by atoms with van der Waals surface area (Å²) in [5.74, 6) is 0. The van der Waals surface area contributed by atoms with Crippen molar-refractivity contribution < 1.29 is 2.74 Å². The predicted molar refractivity (Wildman–Crippen MR) is 217 cm³/mol. The van der Waals surface area contributed by atoms with Gasteiger partial charge in [-0.15, -0.1) is 0 Å². The standard InChI is InChI=1S/C48H33BN2/c1-5-18-34(19-6-1)39-26-17-27-40(35-20-7-2-8-21-35)47(39)36-32-45-48-46(33-36)51(38-24-11-4-12-25-38)44-31-16-14-29-42(44)49(48)41-28-13-15-30-43(41)50(45)37-22-9-3-10-23-37/h1-33H/i13D,14D. The smallest absolute Gasteiger partial charge is 0.252 e. The van der Waals surface area contributed by atoms with Crippen LogP contribution < -0.4 is 26.2 Å². The molecule has 51 heavy (non-hydrogen) atoms. The SMILES string of the molecule is [2H]c1ccc2c(c1)B1c3cc([2H])ccc3N(c3ccccc3)c3cc(-c4c(-c5ccccc5)cccc4-c4ccccc4)cc(c31)N2c1ccccc1. The summed E-state index contributed by atoms with van der Waals surface area (Å²) in [5.41, 5.74) is 16.6. The van der Waals surface area contributed by atoms with E-state index in [1.54, 1.807) is 0 Å². The van der Waals surface area contributed by atoms with Gasteiger partial charge in [-0.25, -0.2) is 0 Å². The van der Waals surface area contributed by atoms with Crippen molar-refractivity contribution in [1.82, 2.24) is 0 Å². The van der Waals surface area contributed by atoms with E-state index < -0.39 is 0 Å². The van der Waals surface area contributed by atoms with Crippen LogP contribution >= 0.6 is 0 Å². The first-order chi connectivity index (χ1) is 26.1. The molecule has 10 rings (SSSR count). The molecular formula is C48H33BN2. The van der Waals surface area contributed by atoms with Crippen molar-refractivity contribution in [3.05, 3.63) is 200 Å². The fraction of sp³-hybridized carbons (Fsp3) is 0. The molecule has 3 heteroatoms. The largest absolute Gasteiger partial charge is 0.311 e. The molecule has 0 amide bonds. The number of hydrogen-bond acceptors (Lipinski definition) is 2. The van der Waals surface area contributed by atoms with Crippen LogP contribution in [0.4, 0.5) is 34.1 Å². The molecular weight excluding hydrogens is 615 g/mol. The highest BCUT2D eigenvalue weighted by molar-refractivity contribution is 7.00. The number of fused-ring (bicyclic) bond motifs is 4. The van der Waals surface area contributed by atoms with Gasteiger partial charge in [0, 0.05) is 34.1 Å². The number of nitrogens with zero attached hydrogens (tertiary/aromatic N) is 2. The van der Waals surface area contributed by atoms with Gasteiger partial charge in [0.25, 0.3) is 6.71 Å². The third kappa shape index (κ3) is 4.74. The Balaban J connectivity index is 1.37. The van der Waals surface area contributed by atoms with Crippen LogP contribution in [0.3, 0.4) is 0 Å². The van der Waals surface area contributed by atoms with Crippen molar-refractivity contribution in [2.75, 3.05) is 9.80 Å². The van der Waals surface area contributed by atoms with Gasteiger partial charge in [-0.2, -0.15) is 0 Å². The third-order valence-corrected chi connectivity index (χ3v) is 10.3. The van der Waals surface area contributed by atoms with Gasteiger partial charge >= 0.3 is 0 Å². The molecule has 0 fully saturated rings. The third-order valence-electron chi connectivity index (χ3n) is 10.3. The molecule has 0 atom stereocenters. The topological polar surface area (TPSA) is 6.48 Å². The zero-order chi connectivity index (χ0) is 35.5. The van der Waals surface area contributed by atoms with Gasteiger partial charge in [0.15, 0.2) is 0 Å². The molecule has 0 aromatic heterocycles. The van der Waals surface area contributed by atoms with Crippen LogP contribution in [0.1, 0.15) is 2.74 Å². The summed E-state index contributed by atoms with van der Waals surface area (Å²) in [4.78, 5) is 4.75. The molecule has 8 aromatic rings. The Bertz CT molecular complexity index is 2470. The maximum absolute atomic E-state index is 8.82. The fourth-order valence-corrected chi connectivity index (χ4v) is 8.20. The summed E-state index contributed by atoms with van der Waals surface area (Å²) in [5, 5.41) is 0. The van der Waals surface area contributed by atoms with E-state index in [9.17, 15) is 0 Å². The van der Waals surface area contributed by atoms with Crippen molar-refractivity contribution in [1.29, 1.82) is 0 Å². The Morgan fingerprint density at radius 3 is 1.25 bits per heavy atom. The lowest BCUT2D eigenvalue weighted by Crippen LogP contribution is -2.61. The molecule has 0 saturated heterocycles. The molecule has 2 heterocycles. The van der Waals surface area contributed by atoms with E-state index in [4.69, 9.17) is 2.74 Å². The average Bonchev–Trinajstić information content (AvgIpc) is 3.21. The average molecular weight is 651 g/mol. The lowest BCUT2D eigenvalue weighted by molar-refractivity contribution is 1.25. The van der Waals surface area contributed by atoms with Crippen molar-refractivity contribution in [3.8, 4) is 33.4 Å². The summed E-state index contributed by atoms with van der Waals surface area (Å²) >= 11 is 0. The van der Waals surface area contributed by atoms with E-state index in [-0.39, 0.29) is 6.71 Å². The van der Waals surface area contributed by atoms with Crippen LogP contribution in [0.15, 0.2) is 200 Å². The first kappa shape index (κ1) is 27.3. The summed E-state index contributed by atoms with van der Waals surface area (Å²) in [6.45, 7) is -0.174. The lowest BCUT2D eigenvalue weighted by Gasteiger charge is -2.44. The first-order valence-electron chi connectivity index (χ1n) is 18.5. The van der Waals surface area contributed by atoms with Crippen LogP contribution in [0.25, 0.3) is 33.4 Å². The van der Waals surface area contributed by atoms with Gasteiger partial charge < -0.3 is 9.80 Å².